The number of hydrogen-bond donors (Lipinski definition) is 0. The molecule has 0 radical (unpaired) electrons. The first kappa shape index (κ1) is 17.5. The summed E-state index contributed by atoms with van der Waals surface area (Å²) in [4.78, 5) is 12.1. The largest absolute Gasteiger partial charge is 0.493 e. The van der Waals surface area contributed by atoms with Crippen LogP contribution in [-0.2, 0) is 0 Å². The van der Waals surface area contributed by atoms with Gasteiger partial charge in [0.15, 0.2) is 17.3 Å². The fourth-order valence-corrected chi connectivity index (χ4v) is 2.76. The zero-order valence-corrected chi connectivity index (χ0v) is 14.8. The maximum atomic E-state index is 12.1. The fraction of sp³-hybridized carbons (Fsp3) is 0.0870. The third-order valence-corrected chi connectivity index (χ3v) is 4.11. The molecule has 0 aliphatic carbocycles. The van der Waals surface area contributed by atoms with Gasteiger partial charge in [0.2, 0.25) is 0 Å². The quantitative estimate of drug-likeness (QED) is 0.451. The van der Waals surface area contributed by atoms with Crippen LogP contribution in [0.4, 0.5) is 0 Å². The van der Waals surface area contributed by atoms with Crippen LogP contribution in [-0.4, -0.2) is 20.0 Å². The summed E-state index contributed by atoms with van der Waals surface area (Å²) in [5.41, 5.74) is 3.62. The number of carbonyl (C=O) groups excluding carboxylic acids is 1. The number of allylic oxidation sites excluding steroid dienone is 1. The van der Waals surface area contributed by atoms with E-state index in [1.807, 2.05) is 78.9 Å². The Balaban J connectivity index is 1.81. The van der Waals surface area contributed by atoms with Crippen LogP contribution in [0.25, 0.3) is 17.2 Å². The zero-order chi connectivity index (χ0) is 18.4. The standard InChI is InChI=1S/C23H20O3/c1-25-22-10-6-9-20(23(22)26-2)18-14-11-17(12-15-18)13-16-21(24)19-7-4-3-5-8-19/h3-16H,1-2H3. The van der Waals surface area contributed by atoms with Gasteiger partial charge in [-0.3, -0.25) is 4.79 Å². The molecule has 3 nitrogen and oxygen atoms in total. The summed E-state index contributed by atoms with van der Waals surface area (Å²) in [5.74, 6) is 1.39. The van der Waals surface area contributed by atoms with Gasteiger partial charge in [-0.15, -0.1) is 0 Å². The van der Waals surface area contributed by atoms with Gasteiger partial charge in [-0.05, 0) is 23.3 Å². The van der Waals surface area contributed by atoms with Gasteiger partial charge < -0.3 is 9.47 Å². The van der Waals surface area contributed by atoms with Crippen molar-refractivity contribution in [1.82, 2.24) is 0 Å². The van der Waals surface area contributed by atoms with Crippen LogP contribution >= 0.6 is 0 Å². The molecule has 0 spiro atoms. The maximum Gasteiger partial charge on any atom is 0.185 e. The molecule has 0 atom stereocenters. The van der Waals surface area contributed by atoms with Crippen LogP contribution < -0.4 is 9.47 Å². The van der Waals surface area contributed by atoms with Crippen molar-refractivity contribution in [2.75, 3.05) is 14.2 Å². The molecule has 0 fully saturated rings. The highest BCUT2D eigenvalue weighted by molar-refractivity contribution is 6.06. The first-order valence-electron chi connectivity index (χ1n) is 8.32. The average molecular weight is 344 g/mol. The van der Waals surface area contributed by atoms with E-state index in [0.29, 0.717) is 17.1 Å². The van der Waals surface area contributed by atoms with Crippen LogP contribution in [0, 0.1) is 0 Å². The summed E-state index contributed by atoms with van der Waals surface area (Å²) in [6.45, 7) is 0. The smallest absolute Gasteiger partial charge is 0.185 e. The molecule has 3 aromatic rings. The van der Waals surface area contributed by atoms with Crippen molar-refractivity contribution in [2.45, 2.75) is 0 Å². The lowest BCUT2D eigenvalue weighted by molar-refractivity contribution is 0.104. The molecule has 0 bridgehead atoms. The molecule has 0 aliphatic heterocycles. The molecular weight excluding hydrogens is 324 g/mol. The molecule has 3 rings (SSSR count). The molecule has 0 aromatic heterocycles. The normalized spacial score (nSPS) is 10.7. The van der Waals surface area contributed by atoms with Gasteiger partial charge in [-0.1, -0.05) is 72.8 Å². The van der Waals surface area contributed by atoms with E-state index in [1.54, 1.807) is 20.3 Å². The Labute approximate surface area is 153 Å². The number of carbonyl (C=O) groups is 1. The van der Waals surface area contributed by atoms with E-state index in [2.05, 4.69) is 0 Å². The summed E-state index contributed by atoms with van der Waals surface area (Å²) < 4.78 is 10.9. The number of methoxy groups -OCH3 is 2. The first-order valence-corrected chi connectivity index (χ1v) is 8.32. The van der Waals surface area contributed by atoms with Crippen LogP contribution in [0.3, 0.4) is 0 Å². The molecule has 26 heavy (non-hydrogen) atoms. The zero-order valence-electron chi connectivity index (χ0n) is 14.8. The summed E-state index contributed by atoms with van der Waals surface area (Å²) in [5, 5.41) is 0. The number of para-hydroxylation sites is 1. The van der Waals surface area contributed by atoms with Crippen molar-refractivity contribution in [1.29, 1.82) is 0 Å². The number of rotatable bonds is 6. The minimum absolute atomic E-state index is 0.0101. The number of ether oxygens (including phenoxy) is 2. The molecule has 0 N–H and O–H groups in total. The SMILES string of the molecule is COc1cccc(-c2ccc(C=CC(=O)c3ccccc3)cc2)c1OC. The van der Waals surface area contributed by atoms with E-state index in [4.69, 9.17) is 9.47 Å². The second-order valence-electron chi connectivity index (χ2n) is 5.73. The molecule has 0 unspecified atom stereocenters. The third-order valence-electron chi connectivity index (χ3n) is 4.11. The molecule has 0 amide bonds. The minimum atomic E-state index is -0.0101. The van der Waals surface area contributed by atoms with E-state index >= 15 is 0 Å². The minimum Gasteiger partial charge on any atom is -0.493 e. The molecular formula is C23H20O3. The second-order valence-corrected chi connectivity index (χ2v) is 5.73. The lowest BCUT2D eigenvalue weighted by atomic mass is 10.0. The lowest BCUT2D eigenvalue weighted by Gasteiger charge is -2.12. The van der Waals surface area contributed by atoms with Crippen molar-refractivity contribution in [3.8, 4) is 22.6 Å². The van der Waals surface area contributed by atoms with Crippen molar-refractivity contribution < 1.29 is 14.3 Å². The van der Waals surface area contributed by atoms with Crippen molar-refractivity contribution >= 4 is 11.9 Å². The van der Waals surface area contributed by atoms with E-state index < -0.39 is 0 Å². The van der Waals surface area contributed by atoms with Gasteiger partial charge in [0.25, 0.3) is 0 Å². The average Bonchev–Trinajstić information content (AvgIpc) is 2.72. The van der Waals surface area contributed by atoms with Crippen LogP contribution in [0.2, 0.25) is 0 Å². The Morgan fingerprint density at radius 1 is 0.808 bits per heavy atom. The first-order chi connectivity index (χ1) is 12.7. The summed E-state index contributed by atoms with van der Waals surface area (Å²) in [6, 6.07) is 23.0. The molecule has 0 saturated carbocycles. The molecule has 0 aliphatic rings. The maximum absolute atomic E-state index is 12.1. The van der Waals surface area contributed by atoms with Crippen LogP contribution in [0.5, 0.6) is 11.5 Å². The van der Waals surface area contributed by atoms with Gasteiger partial charge >= 0.3 is 0 Å². The number of benzene rings is 3. The Hall–Kier alpha value is -3.33. The van der Waals surface area contributed by atoms with Gasteiger partial charge in [-0.2, -0.15) is 0 Å². The molecule has 3 aromatic carbocycles. The highest BCUT2D eigenvalue weighted by Gasteiger charge is 2.11. The highest BCUT2D eigenvalue weighted by atomic mass is 16.5. The van der Waals surface area contributed by atoms with Crippen LogP contribution in [0.1, 0.15) is 15.9 Å². The summed E-state index contributed by atoms with van der Waals surface area (Å²) in [6.07, 6.45) is 3.42. The number of hydrogen-bond acceptors (Lipinski definition) is 3. The Morgan fingerprint density at radius 3 is 2.19 bits per heavy atom. The van der Waals surface area contributed by atoms with E-state index in [-0.39, 0.29) is 5.78 Å². The van der Waals surface area contributed by atoms with E-state index in [0.717, 1.165) is 16.7 Å². The highest BCUT2D eigenvalue weighted by Crippen LogP contribution is 2.37. The van der Waals surface area contributed by atoms with Gasteiger partial charge in [0.05, 0.1) is 14.2 Å². The summed E-state index contributed by atoms with van der Waals surface area (Å²) in [7, 11) is 3.26. The fourth-order valence-electron chi connectivity index (χ4n) is 2.76. The van der Waals surface area contributed by atoms with Gasteiger partial charge in [-0.25, -0.2) is 0 Å². The predicted octanol–water partition coefficient (Wildman–Crippen LogP) is 5.27. The van der Waals surface area contributed by atoms with Crippen LogP contribution in [0.15, 0.2) is 78.9 Å². The second kappa shape index (κ2) is 8.17. The van der Waals surface area contributed by atoms with Crippen molar-refractivity contribution in [3.05, 3.63) is 90.0 Å². The van der Waals surface area contributed by atoms with E-state index in [1.165, 1.54) is 0 Å². The molecule has 130 valence electrons. The lowest BCUT2D eigenvalue weighted by Crippen LogP contribution is -1.93. The Morgan fingerprint density at radius 2 is 1.54 bits per heavy atom. The van der Waals surface area contributed by atoms with E-state index in [9.17, 15) is 4.79 Å². The molecule has 0 heterocycles. The number of ketones is 1. The third kappa shape index (κ3) is 3.83. The Kier molecular flexibility index (Phi) is 5.49. The molecule has 0 saturated heterocycles. The molecule has 3 heteroatoms. The predicted molar refractivity (Wildman–Crippen MR) is 105 cm³/mol. The summed E-state index contributed by atoms with van der Waals surface area (Å²) >= 11 is 0. The Bertz CT molecular complexity index is 910. The van der Waals surface area contributed by atoms with Gasteiger partial charge in [0, 0.05) is 11.1 Å². The van der Waals surface area contributed by atoms with Gasteiger partial charge in [0.1, 0.15) is 0 Å². The monoisotopic (exact) mass is 344 g/mol. The topological polar surface area (TPSA) is 35.5 Å². The van der Waals surface area contributed by atoms with Crippen molar-refractivity contribution in [2.24, 2.45) is 0 Å². The van der Waals surface area contributed by atoms with Crippen molar-refractivity contribution in [3.63, 3.8) is 0 Å².